The summed E-state index contributed by atoms with van der Waals surface area (Å²) in [7, 11) is 2.75. The summed E-state index contributed by atoms with van der Waals surface area (Å²) in [6, 6.07) is 5.57. The molecule has 126 valence electrons. The van der Waals surface area contributed by atoms with Crippen LogP contribution in [0.25, 0.3) is 0 Å². The summed E-state index contributed by atoms with van der Waals surface area (Å²) >= 11 is 0. The topological polar surface area (TPSA) is 105 Å². The van der Waals surface area contributed by atoms with Crippen molar-refractivity contribution in [2.24, 2.45) is 0 Å². The van der Waals surface area contributed by atoms with Crippen molar-refractivity contribution in [3.05, 3.63) is 35.4 Å². The lowest BCUT2D eigenvalue weighted by Gasteiger charge is -2.26. The van der Waals surface area contributed by atoms with Crippen LogP contribution in [0.3, 0.4) is 0 Å². The quantitative estimate of drug-likeness (QED) is 0.793. The van der Waals surface area contributed by atoms with Crippen LogP contribution >= 0.6 is 0 Å². The number of phenolic OH excluding ortho intramolecular Hbond substituents is 3. The minimum absolute atomic E-state index is 0.0436. The lowest BCUT2D eigenvalue weighted by atomic mass is 9.95. The molecular weight excluding hydrogens is 316 g/mol. The van der Waals surface area contributed by atoms with E-state index < -0.39 is 6.10 Å². The Bertz CT molecular complexity index is 790. The Morgan fingerprint density at radius 2 is 1.67 bits per heavy atom. The molecule has 7 nitrogen and oxygen atoms in total. The van der Waals surface area contributed by atoms with Crippen molar-refractivity contribution in [3.63, 3.8) is 0 Å². The monoisotopic (exact) mass is 332 g/mol. The van der Waals surface area contributed by atoms with Gasteiger partial charge in [0, 0.05) is 17.7 Å². The number of aromatic hydroxyl groups is 3. The van der Waals surface area contributed by atoms with Gasteiger partial charge in [-0.3, -0.25) is 4.79 Å². The van der Waals surface area contributed by atoms with E-state index in [1.54, 1.807) is 0 Å². The molecule has 0 saturated carbocycles. The largest absolute Gasteiger partial charge is 0.507 e. The molecule has 24 heavy (non-hydrogen) atoms. The van der Waals surface area contributed by atoms with E-state index in [-0.39, 0.29) is 46.5 Å². The number of carbonyl (C=O) groups is 1. The van der Waals surface area contributed by atoms with Gasteiger partial charge in [0.1, 0.15) is 28.9 Å². The number of phenols is 3. The molecule has 0 radical (unpaired) electrons. The third-order valence-electron chi connectivity index (χ3n) is 3.86. The van der Waals surface area contributed by atoms with E-state index in [0.717, 1.165) is 0 Å². The minimum atomic E-state index is -0.723. The Labute approximate surface area is 137 Å². The average Bonchev–Trinajstić information content (AvgIpc) is 2.53. The third kappa shape index (κ3) is 2.54. The van der Waals surface area contributed by atoms with Gasteiger partial charge in [-0.25, -0.2) is 0 Å². The molecule has 7 heteroatoms. The van der Waals surface area contributed by atoms with Crippen LogP contribution in [0.5, 0.6) is 34.5 Å². The number of ether oxygens (including phenoxy) is 3. The molecule has 1 heterocycles. The molecule has 0 bridgehead atoms. The van der Waals surface area contributed by atoms with E-state index in [0.29, 0.717) is 11.3 Å². The number of ketones is 1. The van der Waals surface area contributed by atoms with Gasteiger partial charge >= 0.3 is 0 Å². The summed E-state index contributed by atoms with van der Waals surface area (Å²) < 4.78 is 15.7. The fourth-order valence-electron chi connectivity index (χ4n) is 2.73. The summed E-state index contributed by atoms with van der Waals surface area (Å²) in [6.07, 6.45) is -0.767. The second-order valence-corrected chi connectivity index (χ2v) is 5.35. The van der Waals surface area contributed by atoms with E-state index in [4.69, 9.17) is 14.2 Å². The van der Waals surface area contributed by atoms with Gasteiger partial charge in [-0.2, -0.15) is 0 Å². The molecule has 0 amide bonds. The number of hydrogen-bond acceptors (Lipinski definition) is 7. The molecule has 3 N–H and O–H groups in total. The summed E-state index contributed by atoms with van der Waals surface area (Å²) in [5.41, 5.74) is 0.501. The molecule has 1 unspecified atom stereocenters. The predicted molar refractivity (Wildman–Crippen MR) is 83.3 cm³/mol. The molecule has 0 aliphatic carbocycles. The van der Waals surface area contributed by atoms with Crippen LogP contribution in [0.2, 0.25) is 0 Å². The third-order valence-corrected chi connectivity index (χ3v) is 3.86. The predicted octanol–water partition coefficient (Wildman–Crippen LogP) is 2.53. The number of carbonyl (C=O) groups excluding carboxylic acids is 1. The zero-order valence-corrected chi connectivity index (χ0v) is 13.1. The van der Waals surface area contributed by atoms with Gasteiger partial charge in [-0.1, -0.05) is 0 Å². The highest BCUT2D eigenvalue weighted by Crippen LogP contribution is 2.44. The number of Topliss-reactive ketones (excluding diaryl/α,β-unsaturated/α-hetero) is 1. The second kappa shape index (κ2) is 5.84. The van der Waals surface area contributed by atoms with E-state index in [2.05, 4.69) is 0 Å². The number of fused-ring (bicyclic) bond motifs is 1. The van der Waals surface area contributed by atoms with Crippen molar-refractivity contribution >= 4 is 5.78 Å². The zero-order chi connectivity index (χ0) is 17.4. The molecule has 1 aliphatic heterocycles. The fraction of sp³-hybridized carbons (Fsp3) is 0.235. The molecular formula is C17H16O7. The van der Waals surface area contributed by atoms with Crippen LogP contribution in [-0.2, 0) is 0 Å². The Morgan fingerprint density at radius 3 is 2.25 bits per heavy atom. The van der Waals surface area contributed by atoms with E-state index in [1.165, 1.54) is 38.5 Å². The van der Waals surface area contributed by atoms with Crippen LogP contribution in [0.4, 0.5) is 0 Å². The fourth-order valence-corrected chi connectivity index (χ4v) is 2.73. The summed E-state index contributed by atoms with van der Waals surface area (Å²) in [5.74, 6) is -0.571. The maximum Gasteiger partial charge on any atom is 0.202 e. The van der Waals surface area contributed by atoms with Crippen molar-refractivity contribution in [3.8, 4) is 34.5 Å². The minimum Gasteiger partial charge on any atom is -0.507 e. The highest BCUT2D eigenvalue weighted by Gasteiger charge is 2.31. The Kier molecular flexibility index (Phi) is 3.84. The summed E-state index contributed by atoms with van der Waals surface area (Å²) in [4.78, 5) is 12.4. The highest BCUT2D eigenvalue weighted by atomic mass is 16.5. The maximum absolute atomic E-state index is 12.4. The number of benzene rings is 2. The van der Waals surface area contributed by atoms with Gasteiger partial charge in [0.2, 0.25) is 5.75 Å². The molecule has 2 aromatic rings. The maximum atomic E-state index is 12.4. The summed E-state index contributed by atoms with van der Waals surface area (Å²) in [6.45, 7) is 0. The molecule has 3 rings (SSSR count). The standard InChI is InChI=1S/C17H16O7/c1-22-9-5-10(18)16-11(19)7-14(24-15(16)6-9)8-3-12(20)17(23-2)13(21)4-8/h3-6,14,18,20-21H,7H2,1-2H3. The highest BCUT2D eigenvalue weighted by molar-refractivity contribution is 6.02. The van der Waals surface area contributed by atoms with Gasteiger partial charge in [0.25, 0.3) is 0 Å². The van der Waals surface area contributed by atoms with Crippen LogP contribution in [0.1, 0.15) is 28.4 Å². The second-order valence-electron chi connectivity index (χ2n) is 5.35. The molecule has 2 aromatic carbocycles. The molecule has 1 aliphatic rings. The zero-order valence-electron chi connectivity index (χ0n) is 13.1. The van der Waals surface area contributed by atoms with Gasteiger partial charge < -0.3 is 29.5 Å². The van der Waals surface area contributed by atoms with Crippen LogP contribution in [-0.4, -0.2) is 35.3 Å². The number of rotatable bonds is 3. The molecule has 0 aromatic heterocycles. The first-order valence-electron chi connectivity index (χ1n) is 7.15. The SMILES string of the molecule is COc1cc(O)c2c(c1)OC(c1cc(O)c(OC)c(O)c1)CC2=O. The van der Waals surface area contributed by atoms with Gasteiger partial charge in [0.15, 0.2) is 17.3 Å². The number of methoxy groups -OCH3 is 2. The first-order valence-corrected chi connectivity index (χ1v) is 7.15. The molecule has 0 spiro atoms. The first-order chi connectivity index (χ1) is 11.4. The Balaban J connectivity index is 2.02. The Hall–Kier alpha value is -3.09. The van der Waals surface area contributed by atoms with E-state index in [9.17, 15) is 20.1 Å². The number of hydrogen-bond donors (Lipinski definition) is 3. The Morgan fingerprint density at radius 1 is 1.00 bits per heavy atom. The van der Waals surface area contributed by atoms with E-state index in [1.807, 2.05) is 0 Å². The molecule has 0 saturated heterocycles. The summed E-state index contributed by atoms with van der Waals surface area (Å²) in [5, 5.41) is 29.8. The lowest BCUT2D eigenvalue weighted by Crippen LogP contribution is -2.20. The smallest absolute Gasteiger partial charge is 0.202 e. The van der Waals surface area contributed by atoms with Crippen molar-refractivity contribution in [1.82, 2.24) is 0 Å². The first kappa shape index (κ1) is 15.8. The normalized spacial score (nSPS) is 16.2. The van der Waals surface area contributed by atoms with E-state index >= 15 is 0 Å². The lowest BCUT2D eigenvalue weighted by molar-refractivity contribution is 0.0843. The van der Waals surface area contributed by atoms with Crippen LogP contribution < -0.4 is 14.2 Å². The van der Waals surface area contributed by atoms with Crippen LogP contribution in [0, 0.1) is 0 Å². The van der Waals surface area contributed by atoms with Crippen LogP contribution in [0.15, 0.2) is 24.3 Å². The van der Waals surface area contributed by atoms with Crippen molar-refractivity contribution in [1.29, 1.82) is 0 Å². The van der Waals surface area contributed by atoms with Crippen molar-refractivity contribution in [2.75, 3.05) is 14.2 Å². The molecule has 1 atom stereocenters. The average molecular weight is 332 g/mol. The molecule has 0 fully saturated rings. The van der Waals surface area contributed by atoms with Crippen molar-refractivity contribution < 1.29 is 34.3 Å². The van der Waals surface area contributed by atoms with Crippen molar-refractivity contribution in [2.45, 2.75) is 12.5 Å². The van der Waals surface area contributed by atoms with Gasteiger partial charge in [-0.15, -0.1) is 0 Å². The van der Waals surface area contributed by atoms with Gasteiger partial charge in [-0.05, 0) is 12.1 Å². The van der Waals surface area contributed by atoms with Gasteiger partial charge in [0.05, 0.1) is 20.6 Å².